The van der Waals surface area contributed by atoms with E-state index in [0.717, 1.165) is 49.2 Å². The third-order valence-corrected chi connectivity index (χ3v) is 6.72. The molecule has 5 nitrogen and oxygen atoms in total. The van der Waals surface area contributed by atoms with Gasteiger partial charge in [-0.25, -0.2) is 0 Å². The van der Waals surface area contributed by atoms with Gasteiger partial charge in [0.1, 0.15) is 6.04 Å². The van der Waals surface area contributed by atoms with E-state index in [4.69, 9.17) is 0 Å². The van der Waals surface area contributed by atoms with Crippen LogP contribution < -0.4 is 5.32 Å². The standard InChI is InChI=1S/C26H33N3O2/c1-18-10-13-28(14-11-18)26(31)25-22-7-5-4-6-21(22)12-15-29(25)17-24(30)27-23-9-8-19(2)16-20(23)3/h4-9,16,18,25H,10-15,17H2,1-3H3,(H,27,30)/t25-/m1/s1. The fraction of sp³-hybridized carbons (Fsp3) is 0.462. The molecule has 0 unspecified atom stereocenters. The van der Waals surface area contributed by atoms with E-state index < -0.39 is 0 Å². The van der Waals surface area contributed by atoms with Gasteiger partial charge in [-0.1, -0.05) is 48.9 Å². The monoisotopic (exact) mass is 419 g/mol. The molecule has 2 aliphatic rings. The summed E-state index contributed by atoms with van der Waals surface area (Å²) in [6.45, 7) is 8.83. The lowest BCUT2D eigenvalue weighted by Crippen LogP contribution is -2.50. The van der Waals surface area contributed by atoms with Crippen LogP contribution in [0.15, 0.2) is 42.5 Å². The molecule has 0 aromatic heterocycles. The maximum absolute atomic E-state index is 13.6. The molecule has 0 spiro atoms. The van der Waals surface area contributed by atoms with E-state index in [0.29, 0.717) is 12.5 Å². The lowest BCUT2D eigenvalue weighted by atomic mass is 9.90. The number of benzene rings is 2. The molecule has 1 atom stereocenters. The Morgan fingerprint density at radius 3 is 2.52 bits per heavy atom. The van der Waals surface area contributed by atoms with E-state index in [-0.39, 0.29) is 24.4 Å². The highest BCUT2D eigenvalue weighted by Gasteiger charge is 2.37. The van der Waals surface area contributed by atoms with Crippen LogP contribution in [0.25, 0.3) is 0 Å². The number of likely N-dealkylation sites (tertiary alicyclic amines) is 1. The third-order valence-electron chi connectivity index (χ3n) is 6.72. The van der Waals surface area contributed by atoms with Gasteiger partial charge in [0.25, 0.3) is 0 Å². The average Bonchev–Trinajstić information content (AvgIpc) is 2.75. The van der Waals surface area contributed by atoms with Crippen LogP contribution in [-0.2, 0) is 16.0 Å². The zero-order chi connectivity index (χ0) is 22.0. The maximum Gasteiger partial charge on any atom is 0.244 e. The molecule has 1 N–H and O–H groups in total. The predicted octanol–water partition coefficient (Wildman–Crippen LogP) is 4.10. The van der Waals surface area contributed by atoms with Gasteiger partial charge < -0.3 is 10.2 Å². The molecular formula is C26H33N3O2. The van der Waals surface area contributed by atoms with Crippen molar-refractivity contribution in [2.24, 2.45) is 5.92 Å². The summed E-state index contributed by atoms with van der Waals surface area (Å²) in [6.07, 6.45) is 2.95. The van der Waals surface area contributed by atoms with Gasteiger partial charge in [0.05, 0.1) is 6.54 Å². The third kappa shape index (κ3) is 4.82. The van der Waals surface area contributed by atoms with Gasteiger partial charge >= 0.3 is 0 Å². The van der Waals surface area contributed by atoms with E-state index in [2.05, 4.69) is 35.3 Å². The van der Waals surface area contributed by atoms with Crippen LogP contribution >= 0.6 is 0 Å². The molecule has 0 saturated carbocycles. The van der Waals surface area contributed by atoms with Crippen molar-refractivity contribution < 1.29 is 9.59 Å². The number of hydrogen-bond acceptors (Lipinski definition) is 3. The number of hydrogen-bond donors (Lipinski definition) is 1. The van der Waals surface area contributed by atoms with Gasteiger partial charge in [0.2, 0.25) is 11.8 Å². The highest BCUT2D eigenvalue weighted by Crippen LogP contribution is 2.32. The fourth-order valence-corrected chi connectivity index (χ4v) is 4.81. The first-order chi connectivity index (χ1) is 14.9. The second-order valence-corrected chi connectivity index (χ2v) is 9.20. The van der Waals surface area contributed by atoms with E-state index in [1.807, 2.05) is 43.0 Å². The molecular weight excluding hydrogens is 386 g/mol. The SMILES string of the molecule is Cc1ccc(NC(=O)CN2CCc3ccccc3[C@@H]2C(=O)N2CCC(C)CC2)c(C)c1. The Kier molecular flexibility index (Phi) is 6.42. The van der Waals surface area contributed by atoms with Crippen molar-refractivity contribution in [3.05, 3.63) is 64.7 Å². The molecule has 31 heavy (non-hydrogen) atoms. The van der Waals surface area contributed by atoms with Crippen molar-refractivity contribution in [3.63, 3.8) is 0 Å². The topological polar surface area (TPSA) is 52.7 Å². The first kappa shape index (κ1) is 21.6. The minimum Gasteiger partial charge on any atom is -0.341 e. The van der Waals surface area contributed by atoms with Crippen molar-refractivity contribution in [2.45, 2.75) is 46.1 Å². The molecule has 4 rings (SSSR count). The highest BCUT2D eigenvalue weighted by molar-refractivity contribution is 5.94. The first-order valence-electron chi connectivity index (χ1n) is 11.4. The minimum absolute atomic E-state index is 0.0728. The second kappa shape index (κ2) is 9.23. The molecule has 2 aliphatic heterocycles. The summed E-state index contributed by atoms with van der Waals surface area (Å²) in [5, 5.41) is 3.05. The van der Waals surface area contributed by atoms with Crippen LogP contribution in [0, 0.1) is 19.8 Å². The number of fused-ring (bicyclic) bond motifs is 1. The quantitative estimate of drug-likeness (QED) is 0.812. The molecule has 0 bridgehead atoms. The Hall–Kier alpha value is -2.66. The van der Waals surface area contributed by atoms with Crippen LogP contribution in [0.3, 0.4) is 0 Å². The zero-order valence-corrected chi connectivity index (χ0v) is 18.9. The van der Waals surface area contributed by atoms with Crippen molar-refractivity contribution in [3.8, 4) is 0 Å². The van der Waals surface area contributed by atoms with Crippen molar-refractivity contribution in [2.75, 3.05) is 31.5 Å². The van der Waals surface area contributed by atoms with Gasteiger partial charge in [-0.3, -0.25) is 14.5 Å². The van der Waals surface area contributed by atoms with Gasteiger partial charge in [0.15, 0.2) is 0 Å². The summed E-state index contributed by atoms with van der Waals surface area (Å²) in [5.41, 5.74) is 5.33. The number of anilines is 1. The Bertz CT molecular complexity index is 963. The van der Waals surface area contributed by atoms with Crippen molar-refractivity contribution in [1.29, 1.82) is 0 Å². The zero-order valence-electron chi connectivity index (χ0n) is 18.9. The van der Waals surface area contributed by atoms with Crippen LogP contribution in [0.5, 0.6) is 0 Å². The Morgan fingerprint density at radius 1 is 1.03 bits per heavy atom. The molecule has 1 saturated heterocycles. The van der Waals surface area contributed by atoms with Crippen LogP contribution in [0.2, 0.25) is 0 Å². The van der Waals surface area contributed by atoms with Crippen molar-refractivity contribution in [1.82, 2.24) is 9.80 Å². The van der Waals surface area contributed by atoms with Crippen LogP contribution in [0.4, 0.5) is 5.69 Å². The van der Waals surface area contributed by atoms with Gasteiger partial charge in [-0.05, 0) is 61.8 Å². The summed E-state index contributed by atoms with van der Waals surface area (Å²) in [6, 6.07) is 13.8. The second-order valence-electron chi connectivity index (χ2n) is 9.20. The number of amides is 2. The molecule has 2 amide bonds. The molecule has 1 fully saturated rings. The Morgan fingerprint density at radius 2 is 1.77 bits per heavy atom. The summed E-state index contributed by atoms with van der Waals surface area (Å²) in [5.74, 6) is 0.733. The molecule has 2 aromatic rings. The number of nitrogens with zero attached hydrogens (tertiary/aromatic N) is 2. The Labute approximate surface area is 185 Å². The van der Waals surface area contributed by atoms with Gasteiger partial charge in [0, 0.05) is 25.3 Å². The van der Waals surface area contributed by atoms with Crippen LogP contribution in [-0.4, -0.2) is 47.8 Å². The number of carbonyl (C=O) groups excluding carboxylic acids is 2. The average molecular weight is 420 g/mol. The molecule has 2 heterocycles. The normalized spacial score (nSPS) is 19.7. The highest BCUT2D eigenvalue weighted by atomic mass is 16.2. The Balaban J connectivity index is 1.53. The van der Waals surface area contributed by atoms with E-state index in [1.165, 1.54) is 11.1 Å². The smallest absolute Gasteiger partial charge is 0.244 e. The largest absolute Gasteiger partial charge is 0.341 e. The summed E-state index contributed by atoms with van der Waals surface area (Å²) in [4.78, 5) is 30.6. The summed E-state index contributed by atoms with van der Waals surface area (Å²) in [7, 11) is 0. The van der Waals surface area contributed by atoms with Crippen LogP contribution in [0.1, 0.15) is 48.1 Å². The van der Waals surface area contributed by atoms with Crippen molar-refractivity contribution >= 4 is 17.5 Å². The molecule has 2 aromatic carbocycles. The van der Waals surface area contributed by atoms with Gasteiger partial charge in [-0.2, -0.15) is 0 Å². The van der Waals surface area contributed by atoms with E-state index >= 15 is 0 Å². The van der Waals surface area contributed by atoms with E-state index in [1.54, 1.807) is 0 Å². The molecule has 164 valence electrons. The van der Waals surface area contributed by atoms with Gasteiger partial charge in [-0.15, -0.1) is 0 Å². The first-order valence-corrected chi connectivity index (χ1v) is 11.4. The number of aryl methyl sites for hydroxylation is 2. The number of rotatable bonds is 4. The summed E-state index contributed by atoms with van der Waals surface area (Å²) >= 11 is 0. The minimum atomic E-state index is -0.386. The van der Waals surface area contributed by atoms with E-state index in [9.17, 15) is 9.59 Å². The molecule has 5 heteroatoms. The summed E-state index contributed by atoms with van der Waals surface area (Å²) < 4.78 is 0. The lowest BCUT2D eigenvalue weighted by molar-refractivity contribution is -0.139. The number of carbonyl (C=O) groups is 2. The number of piperidine rings is 1. The maximum atomic E-state index is 13.6. The lowest BCUT2D eigenvalue weighted by Gasteiger charge is -2.40. The molecule has 0 radical (unpaired) electrons. The number of nitrogens with one attached hydrogen (secondary N) is 1. The molecule has 0 aliphatic carbocycles. The fourth-order valence-electron chi connectivity index (χ4n) is 4.81. The predicted molar refractivity (Wildman–Crippen MR) is 124 cm³/mol.